The van der Waals surface area contributed by atoms with Gasteiger partial charge in [-0.1, -0.05) is 30.3 Å². The van der Waals surface area contributed by atoms with E-state index in [9.17, 15) is 8.42 Å². The van der Waals surface area contributed by atoms with Crippen LogP contribution in [0.4, 0.5) is 0 Å². The fourth-order valence-electron chi connectivity index (χ4n) is 3.10. The molecule has 118 valence electrons. The first-order chi connectivity index (χ1) is 11.2. The van der Waals surface area contributed by atoms with Crippen LogP contribution < -0.4 is 5.32 Å². The topological polar surface area (TPSA) is 64.0 Å². The number of aromatic nitrogens is 2. The van der Waals surface area contributed by atoms with Gasteiger partial charge in [0.2, 0.25) is 9.84 Å². The molecule has 2 aromatic carbocycles. The van der Waals surface area contributed by atoms with Crippen LogP contribution in [0.15, 0.2) is 64.5 Å². The normalized spacial score (nSPS) is 18.5. The van der Waals surface area contributed by atoms with Gasteiger partial charge < -0.3 is 5.32 Å². The summed E-state index contributed by atoms with van der Waals surface area (Å²) >= 11 is 0. The van der Waals surface area contributed by atoms with Crippen LogP contribution in [0, 0.1) is 0 Å². The second kappa shape index (κ2) is 5.47. The highest BCUT2D eigenvalue weighted by molar-refractivity contribution is 7.91. The third-order valence-electron chi connectivity index (χ3n) is 4.27. The van der Waals surface area contributed by atoms with E-state index >= 15 is 0 Å². The van der Waals surface area contributed by atoms with Gasteiger partial charge in [-0.3, -0.25) is 4.68 Å². The number of benzene rings is 2. The summed E-state index contributed by atoms with van der Waals surface area (Å²) in [6, 6.07) is 16.2. The van der Waals surface area contributed by atoms with Gasteiger partial charge in [0.1, 0.15) is 0 Å². The summed E-state index contributed by atoms with van der Waals surface area (Å²) in [5.41, 5.74) is 0.871. The number of para-hydroxylation sites is 1. The van der Waals surface area contributed by atoms with Gasteiger partial charge in [0.05, 0.1) is 16.5 Å². The first-order valence-electron chi connectivity index (χ1n) is 7.66. The Labute approximate surface area is 134 Å². The van der Waals surface area contributed by atoms with Crippen LogP contribution >= 0.6 is 0 Å². The van der Waals surface area contributed by atoms with E-state index in [0.717, 1.165) is 25.0 Å². The van der Waals surface area contributed by atoms with E-state index in [0.29, 0.717) is 5.39 Å². The third kappa shape index (κ3) is 2.34. The molecule has 0 aliphatic carbocycles. The van der Waals surface area contributed by atoms with Crippen LogP contribution in [0.2, 0.25) is 0 Å². The fourth-order valence-corrected chi connectivity index (χ4v) is 4.49. The van der Waals surface area contributed by atoms with Gasteiger partial charge in [-0.05, 0) is 37.2 Å². The summed E-state index contributed by atoms with van der Waals surface area (Å²) < 4.78 is 27.8. The number of hydrogen-bond donors (Lipinski definition) is 1. The molecule has 1 aliphatic heterocycles. The monoisotopic (exact) mass is 327 g/mol. The van der Waals surface area contributed by atoms with Crippen molar-refractivity contribution in [3.8, 4) is 0 Å². The minimum absolute atomic E-state index is 0.145. The lowest BCUT2D eigenvalue weighted by molar-refractivity contribution is 0.493. The zero-order valence-corrected chi connectivity index (χ0v) is 13.3. The lowest BCUT2D eigenvalue weighted by Crippen LogP contribution is -2.15. The predicted octanol–water partition coefficient (Wildman–Crippen LogP) is 2.40. The van der Waals surface area contributed by atoms with Crippen molar-refractivity contribution < 1.29 is 8.42 Å². The van der Waals surface area contributed by atoms with Crippen molar-refractivity contribution >= 4 is 20.7 Å². The second-order valence-corrected chi connectivity index (χ2v) is 7.59. The van der Waals surface area contributed by atoms with Crippen molar-refractivity contribution in [2.75, 3.05) is 13.1 Å². The van der Waals surface area contributed by atoms with E-state index in [1.165, 1.54) is 0 Å². The summed E-state index contributed by atoms with van der Waals surface area (Å²) in [6.45, 7) is 1.75. The van der Waals surface area contributed by atoms with Crippen molar-refractivity contribution in [3.63, 3.8) is 0 Å². The van der Waals surface area contributed by atoms with Crippen LogP contribution in [0.3, 0.4) is 0 Å². The minimum atomic E-state index is -3.63. The van der Waals surface area contributed by atoms with E-state index < -0.39 is 9.84 Å². The van der Waals surface area contributed by atoms with Gasteiger partial charge in [0, 0.05) is 11.9 Å². The smallest absolute Gasteiger partial charge is 0.226 e. The lowest BCUT2D eigenvalue weighted by Gasteiger charge is -2.10. The Hall–Kier alpha value is -2.18. The molecule has 23 heavy (non-hydrogen) atoms. The van der Waals surface area contributed by atoms with Crippen molar-refractivity contribution in [2.24, 2.45) is 0 Å². The van der Waals surface area contributed by atoms with Gasteiger partial charge in [-0.2, -0.15) is 5.10 Å². The first kappa shape index (κ1) is 14.4. The third-order valence-corrected chi connectivity index (χ3v) is 5.97. The van der Waals surface area contributed by atoms with Crippen LogP contribution in [0.25, 0.3) is 10.9 Å². The number of sulfone groups is 1. The molecule has 0 radical (unpaired) electrons. The molecule has 1 aliphatic rings. The summed E-state index contributed by atoms with van der Waals surface area (Å²) in [5.74, 6) is 0. The number of nitrogens with zero attached hydrogens (tertiary/aromatic N) is 2. The van der Waals surface area contributed by atoms with Crippen molar-refractivity contribution in [1.29, 1.82) is 0 Å². The average Bonchev–Trinajstić information content (AvgIpc) is 3.23. The summed E-state index contributed by atoms with van der Waals surface area (Å²) in [7, 11) is -3.63. The highest BCUT2D eigenvalue weighted by Crippen LogP contribution is 2.30. The Kier molecular flexibility index (Phi) is 3.43. The molecule has 4 rings (SSSR count). The van der Waals surface area contributed by atoms with E-state index in [4.69, 9.17) is 0 Å². The molecular weight excluding hydrogens is 310 g/mol. The molecular formula is C17H17N3O2S. The highest BCUT2D eigenvalue weighted by atomic mass is 32.2. The van der Waals surface area contributed by atoms with E-state index in [1.807, 2.05) is 28.9 Å². The highest BCUT2D eigenvalue weighted by Gasteiger charge is 2.28. The Morgan fingerprint density at radius 3 is 2.52 bits per heavy atom. The quantitative estimate of drug-likeness (QED) is 0.802. The number of rotatable bonds is 3. The maximum atomic E-state index is 13.0. The molecule has 5 nitrogen and oxygen atoms in total. The fraction of sp³-hybridized carbons (Fsp3) is 0.235. The maximum absolute atomic E-state index is 13.0. The molecule has 1 fully saturated rings. The molecule has 2 heterocycles. The molecule has 1 N–H and O–H groups in total. The Balaban J connectivity index is 1.94. The number of nitrogens with one attached hydrogen (secondary N) is 1. The van der Waals surface area contributed by atoms with Crippen LogP contribution in [-0.2, 0) is 9.84 Å². The van der Waals surface area contributed by atoms with Crippen molar-refractivity contribution in [3.05, 3.63) is 54.6 Å². The molecule has 1 aromatic heterocycles. The zero-order valence-electron chi connectivity index (χ0n) is 12.5. The summed E-state index contributed by atoms with van der Waals surface area (Å²) in [6.07, 6.45) is 0.955. The number of fused-ring (bicyclic) bond motifs is 1. The van der Waals surface area contributed by atoms with E-state index in [2.05, 4.69) is 10.4 Å². The summed E-state index contributed by atoms with van der Waals surface area (Å²) in [4.78, 5) is 0.278. The molecule has 3 aromatic rings. The maximum Gasteiger partial charge on any atom is 0.226 e. The van der Waals surface area contributed by atoms with Gasteiger partial charge in [-0.25, -0.2) is 8.42 Å². The zero-order chi connectivity index (χ0) is 15.9. The van der Waals surface area contributed by atoms with Crippen molar-refractivity contribution in [1.82, 2.24) is 15.1 Å². The predicted molar refractivity (Wildman–Crippen MR) is 88.2 cm³/mol. The van der Waals surface area contributed by atoms with Gasteiger partial charge in [0.25, 0.3) is 0 Å². The van der Waals surface area contributed by atoms with Crippen LogP contribution in [-0.4, -0.2) is 31.3 Å². The van der Waals surface area contributed by atoms with E-state index in [1.54, 1.807) is 30.3 Å². The molecule has 0 bridgehead atoms. The van der Waals surface area contributed by atoms with Crippen LogP contribution in [0.5, 0.6) is 0 Å². The van der Waals surface area contributed by atoms with Crippen LogP contribution in [0.1, 0.15) is 12.5 Å². The molecule has 1 atom stereocenters. The standard InChI is InChI=1S/C17H17N3O2S/c21-23(22,14-6-2-1-3-7-14)17-15-8-4-5-9-16(15)20(19-17)13-10-11-18-12-13/h1-9,13,18H,10-12H2. The minimum Gasteiger partial charge on any atom is -0.315 e. The second-order valence-electron chi connectivity index (χ2n) is 5.73. The number of hydrogen-bond acceptors (Lipinski definition) is 4. The van der Waals surface area contributed by atoms with E-state index in [-0.39, 0.29) is 16.0 Å². The lowest BCUT2D eigenvalue weighted by atomic mass is 10.2. The molecule has 1 saturated heterocycles. The first-order valence-corrected chi connectivity index (χ1v) is 9.14. The molecule has 0 saturated carbocycles. The van der Waals surface area contributed by atoms with Crippen molar-refractivity contribution in [2.45, 2.75) is 22.4 Å². The Morgan fingerprint density at radius 2 is 1.78 bits per heavy atom. The molecule has 0 spiro atoms. The van der Waals surface area contributed by atoms with Gasteiger partial charge >= 0.3 is 0 Å². The largest absolute Gasteiger partial charge is 0.315 e. The SMILES string of the molecule is O=S(=O)(c1ccccc1)c1nn(C2CCNC2)c2ccccc12. The molecule has 6 heteroatoms. The van der Waals surface area contributed by atoms with Gasteiger partial charge in [0.15, 0.2) is 5.03 Å². The molecule has 1 unspecified atom stereocenters. The Bertz CT molecular complexity index is 942. The Morgan fingerprint density at radius 1 is 1.04 bits per heavy atom. The summed E-state index contributed by atoms with van der Waals surface area (Å²) in [5, 5.41) is 8.64. The van der Waals surface area contributed by atoms with Gasteiger partial charge in [-0.15, -0.1) is 0 Å². The molecule has 0 amide bonds. The average molecular weight is 327 g/mol.